The molecule has 2 rings (SSSR count). The molecule has 0 aliphatic rings. The number of aromatic nitrogens is 1. The van der Waals surface area contributed by atoms with Crippen LogP contribution in [0.25, 0.3) is 10.9 Å². The quantitative estimate of drug-likeness (QED) is 0.644. The first-order chi connectivity index (χ1) is 9.41. The third kappa shape index (κ3) is 2.40. The highest BCUT2D eigenvalue weighted by Gasteiger charge is 2.23. The van der Waals surface area contributed by atoms with Gasteiger partial charge in [-0.1, -0.05) is 12.1 Å². The number of fused-ring (bicyclic) bond motifs is 1. The molecule has 6 heteroatoms. The van der Waals surface area contributed by atoms with Crippen LogP contribution in [-0.2, 0) is 16.0 Å². The maximum Gasteiger partial charge on any atom is 0.307 e. The molecule has 6 nitrogen and oxygen atoms in total. The molecular weight excluding hydrogens is 260 g/mol. The summed E-state index contributed by atoms with van der Waals surface area (Å²) >= 11 is 0. The summed E-state index contributed by atoms with van der Waals surface area (Å²) in [5.74, 6) is -2.29. The zero-order chi connectivity index (χ0) is 14.9. The van der Waals surface area contributed by atoms with Gasteiger partial charge in [0.1, 0.15) is 0 Å². The second-order valence-corrected chi connectivity index (χ2v) is 4.64. The van der Waals surface area contributed by atoms with Crippen LogP contribution in [0.2, 0.25) is 0 Å². The number of Topliss-reactive ketones (excluding diaryl/α,β-unsaturated/α-hetero) is 1. The Hall–Kier alpha value is -2.63. The minimum absolute atomic E-state index is 0.203. The fraction of sp³-hybridized carbons (Fsp3) is 0.214. The van der Waals surface area contributed by atoms with Crippen LogP contribution < -0.4 is 0 Å². The molecule has 0 atom stereocenters. The van der Waals surface area contributed by atoms with Gasteiger partial charge in [-0.2, -0.15) is 0 Å². The van der Waals surface area contributed by atoms with Gasteiger partial charge in [0.15, 0.2) is 0 Å². The Morgan fingerprint density at radius 3 is 2.55 bits per heavy atom. The first kappa shape index (κ1) is 13.8. The lowest BCUT2D eigenvalue weighted by atomic mass is 10.0. The number of amides is 1. The molecule has 0 radical (unpaired) electrons. The molecule has 1 aromatic carbocycles. The minimum atomic E-state index is -0.990. The number of aromatic amines is 1. The van der Waals surface area contributed by atoms with E-state index in [9.17, 15) is 14.4 Å². The van der Waals surface area contributed by atoms with E-state index in [4.69, 9.17) is 5.11 Å². The number of carbonyl (C=O) groups excluding carboxylic acids is 2. The summed E-state index contributed by atoms with van der Waals surface area (Å²) in [6.45, 7) is 0. The summed E-state index contributed by atoms with van der Waals surface area (Å²) in [5.41, 5.74) is 1.35. The highest BCUT2D eigenvalue weighted by atomic mass is 16.4. The number of likely N-dealkylation sites (N-methyl/N-ethyl adjacent to an activating group) is 1. The lowest BCUT2D eigenvalue weighted by molar-refractivity contribution is -0.136. The lowest BCUT2D eigenvalue weighted by Crippen LogP contribution is -2.29. The van der Waals surface area contributed by atoms with E-state index in [2.05, 4.69) is 4.98 Å². The number of H-pyrrole nitrogens is 1. The van der Waals surface area contributed by atoms with Gasteiger partial charge in [-0.15, -0.1) is 0 Å². The van der Waals surface area contributed by atoms with E-state index in [1.54, 1.807) is 18.2 Å². The van der Waals surface area contributed by atoms with E-state index in [1.807, 2.05) is 0 Å². The monoisotopic (exact) mass is 274 g/mol. The van der Waals surface area contributed by atoms with Crippen molar-refractivity contribution in [2.75, 3.05) is 14.1 Å². The van der Waals surface area contributed by atoms with Crippen molar-refractivity contribution in [3.63, 3.8) is 0 Å². The molecule has 0 spiro atoms. The molecule has 1 heterocycles. The van der Waals surface area contributed by atoms with Gasteiger partial charge >= 0.3 is 5.97 Å². The van der Waals surface area contributed by atoms with Crippen molar-refractivity contribution in [1.82, 2.24) is 9.88 Å². The number of aliphatic carboxylic acids is 1. The summed E-state index contributed by atoms with van der Waals surface area (Å²) in [7, 11) is 2.99. The van der Waals surface area contributed by atoms with Crippen molar-refractivity contribution in [3.05, 3.63) is 35.5 Å². The number of benzene rings is 1. The van der Waals surface area contributed by atoms with Gasteiger partial charge in [0.25, 0.3) is 11.7 Å². The Balaban J connectivity index is 2.57. The van der Waals surface area contributed by atoms with Crippen molar-refractivity contribution in [3.8, 4) is 0 Å². The third-order valence-corrected chi connectivity index (χ3v) is 2.98. The third-order valence-electron chi connectivity index (χ3n) is 2.98. The number of hydrogen-bond donors (Lipinski definition) is 2. The van der Waals surface area contributed by atoms with Gasteiger partial charge < -0.3 is 15.0 Å². The van der Waals surface area contributed by atoms with Crippen LogP contribution in [0.4, 0.5) is 0 Å². The maximum atomic E-state index is 12.1. The molecule has 1 amide bonds. The molecule has 1 aromatic heterocycles. The molecule has 0 bridgehead atoms. The van der Waals surface area contributed by atoms with E-state index in [0.717, 1.165) is 0 Å². The van der Waals surface area contributed by atoms with E-state index in [0.29, 0.717) is 16.5 Å². The molecule has 20 heavy (non-hydrogen) atoms. The first-order valence-corrected chi connectivity index (χ1v) is 5.98. The van der Waals surface area contributed by atoms with Gasteiger partial charge in [-0.3, -0.25) is 14.4 Å². The van der Waals surface area contributed by atoms with E-state index in [1.165, 1.54) is 25.2 Å². The van der Waals surface area contributed by atoms with E-state index < -0.39 is 17.7 Å². The Morgan fingerprint density at radius 2 is 1.95 bits per heavy atom. The Kier molecular flexibility index (Phi) is 3.56. The van der Waals surface area contributed by atoms with Gasteiger partial charge in [0.05, 0.1) is 12.0 Å². The molecule has 104 valence electrons. The molecule has 2 aromatic rings. The largest absolute Gasteiger partial charge is 0.481 e. The number of carbonyl (C=O) groups is 3. The van der Waals surface area contributed by atoms with Crippen molar-refractivity contribution >= 4 is 28.6 Å². The number of carboxylic acid groups (broad SMARTS) is 1. The smallest absolute Gasteiger partial charge is 0.307 e. The van der Waals surface area contributed by atoms with Crippen molar-refractivity contribution < 1.29 is 19.5 Å². The first-order valence-electron chi connectivity index (χ1n) is 5.98. The fourth-order valence-corrected chi connectivity index (χ4v) is 2.07. The molecule has 0 saturated carbocycles. The summed E-state index contributed by atoms with van der Waals surface area (Å²) in [6, 6.07) is 5.08. The predicted molar refractivity (Wildman–Crippen MR) is 72.7 cm³/mol. The normalized spacial score (nSPS) is 10.5. The molecular formula is C14H14N2O4. The summed E-state index contributed by atoms with van der Waals surface area (Å²) in [5, 5.41) is 9.42. The summed E-state index contributed by atoms with van der Waals surface area (Å²) in [6.07, 6.45) is 1.24. The average Bonchev–Trinajstić information content (AvgIpc) is 2.81. The van der Waals surface area contributed by atoms with Crippen LogP contribution >= 0.6 is 0 Å². The van der Waals surface area contributed by atoms with Gasteiger partial charge in [-0.05, 0) is 11.6 Å². The van der Waals surface area contributed by atoms with Crippen LogP contribution in [0.1, 0.15) is 15.9 Å². The predicted octanol–water partition coefficient (Wildman–Crippen LogP) is 1.07. The second kappa shape index (κ2) is 5.16. The minimum Gasteiger partial charge on any atom is -0.481 e. The summed E-state index contributed by atoms with van der Waals surface area (Å²) < 4.78 is 0. The number of rotatable bonds is 4. The Morgan fingerprint density at radius 1 is 1.25 bits per heavy atom. The van der Waals surface area contributed by atoms with Crippen LogP contribution in [0, 0.1) is 0 Å². The van der Waals surface area contributed by atoms with Gasteiger partial charge in [-0.25, -0.2) is 0 Å². The van der Waals surface area contributed by atoms with Crippen molar-refractivity contribution in [2.45, 2.75) is 6.42 Å². The maximum absolute atomic E-state index is 12.1. The van der Waals surface area contributed by atoms with Crippen LogP contribution in [0.15, 0.2) is 24.4 Å². The number of hydrogen-bond acceptors (Lipinski definition) is 3. The number of carboxylic acids is 1. The van der Waals surface area contributed by atoms with E-state index >= 15 is 0 Å². The Bertz CT molecular complexity index is 700. The second-order valence-electron chi connectivity index (χ2n) is 4.64. The van der Waals surface area contributed by atoms with Gasteiger partial charge in [0.2, 0.25) is 0 Å². The SMILES string of the molecule is CN(C)C(=O)C(=O)c1c[nH]c2cccc(CC(=O)O)c12. The molecule has 0 fully saturated rings. The van der Waals surface area contributed by atoms with Crippen molar-refractivity contribution in [1.29, 1.82) is 0 Å². The average molecular weight is 274 g/mol. The molecule has 0 aliphatic heterocycles. The molecule has 0 unspecified atom stereocenters. The van der Waals surface area contributed by atoms with Crippen LogP contribution in [0.3, 0.4) is 0 Å². The lowest BCUT2D eigenvalue weighted by Gasteiger charge is -2.09. The van der Waals surface area contributed by atoms with E-state index in [-0.39, 0.29) is 12.0 Å². The number of nitrogens with one attached hydrogen (secondary N) is 1. The highest BCUT2D eigenvalue weighted by molar-refractivity contribution is 6.44. The van der Waals surface area contributed by atoms with Gasteiger partial charge in [0, 0.05) is 31.2 Å². The molecule has 0 aliphatic carbocycles. The van der Waals surface area contributed by atoms with Crippen LogP contribution in [0.5, 0.6) is 0 Å². The number of nitrogens with zero attached hydrogens (tertiary/aromatic N) is 1. The topological polar surface area (TPSA) is 90.5 Å². The number of ketones is 1. The van der Waals surface area contributed by atoms with Crippen LogP contribution in [-0.4, -0.2) is 46.7 Å². The zero-order valence-electron chi connectivity index (χ0n) is 11.1. The zero-order valence-corrected chi connectivity index (χ0v) is 11.1. The van der Waals surface area contributed by atoms with Crippen molar-refractivity contribution in [2.24, 2.45) is 0 Å². The standard InChI is InChI=1S/C14H14N2O4/c1-16(2)14(20)13(19)9-7-15-10-5-3-4-8(12(9)10)6-11(17)18/h3-5,7,15H,6H2,1-2H3,(H,17,18). The fourth-order valence-electron chi connectivity index (χ4n) is 2.07. The highest BCUT2D eigenvalue weighted by Crippen LogP contribution is 2.24. The Labute approximate surface area is 115 Å². The summed E-state index contributed by atoms with van der Waals surface area (Å²) in [4.78, 5) is 38.9. The molecule has 2 N–H and O–H groups in total. The molecule has 0 saturated heterocycles.